The van der Waals surface area contributed by atoms with Gasteiger partial charge in [0.05, 0.1) is 24.7 Å². The van der Waals surface area contributed by atoms with Crippen LogP contribution in [0.4, 0.5) is 11.4 Å². The molecule has 2 aromatic rings. The lowest BCUT2D eigenvalue weighted by Crippen LogP contribution is -2.38. The first-order chi connectivity index (χ1) is 14.9. The van der Waals surface area contributed by atoms with Crippen LogP contribution in [0.5, 0.6) is 0 Å². The largest absolute Gasteiger partial charge is 0.378 e. The Morgan fingerprint density at radius 3 is 2.48 bits per heavy atom. The Balaban J connectivity index is 1.42. The van der Waals surface area contributed by atoms with Crippen LogP contribution in [0, 0.1) is 6.92 Å². The Morgan fingerprint density at radius 1 is 1.03 bits per heavy atom. The van der Waals surface area contributed by atoms with Crippen LogP contribution in [-0.4, -0.2) is 52.9 Å². The second kappa shape index (κ2) is 9.28. The molecule has 2 heterocycles. The van der Waals surface area contributed by atoms with Crippen LogP contribution in [0.25, 0.3) is 0 Å². The lowest BCUT2D eigenvalue weighted by molar-refractivity contribution is 0.0951. The lowest BCUT2D eigenvalue weighted by Gasteiger charge is -2.29. The third kappa shape index (κ3) is 5.02. The Bertz CT molecular complexity index is 1030. The number of amides is 1. The highest BCUT2D eigenvalue weighted by molar-refractivity contribution is 7.92. The van der Waals surface area contributed by atoms with Crippen LogP contribution in [0.1, 0.15) is 34.3 Å². The van der Waals surface area contributed by atoms with Gasteiger partial charge in [-0.2, -0.15) is 0 Å². The molecule has 0 atom stereocenters. The van der Waals surface area contributed by atoms with Gasteiger partial charge in [-0.1, -0.05) is 18.2 Å². The number of sulfonamides is 1. The van der Waals surface area contributed by atoms with E-state index < -0.39 is 10.0 Å². The molecule has 8 heteroatoms. The van der Waals surface area contributed by atoms with Crippen molar-refractivity contribution in [2.24, 2.45) is 0 Å². The molecule has 2 saturated heterocycles. The van der Waals surface area contributed by atoms with Crippen LogP contribution >= 0.6 is 0 Å². The average Bonchev–Trinajstić information content (AvgIpc) is 2.79. The van der Waals surface area contributed by atoms with Crippen molar-refractivity contribution < 1.29 is 17.9 Å². The van der Waals surface area contributed by atoms with Gasteiger partial charge in [-0.05, 0) is 55.2 Å². The summed E-state index contributed by atoms with van der Waals surface area (Å²) in [6.07, 6.45) is 1.51. The van der Waals surface area contributed by atoms with Crippen molar-refractivity contribution in [3.8, 4) is 0 Å². The molecule has 0 aliphatic carbocycles. The fourth-order valence-corrected chi connectivity index (χ4v) is 5.70. The Kier molecular flexibility index (Phi) is 6.48. The molecule has 7 nitrogen and oxygen atoms in total. The molecule has 0 unspecified atom stereocenters. The lowest BCUT2D eigenvalue weighted by atomic mass is 10.1. The number of morpholine rings is 1. The van der Waals surface area contributed by atoms with Gasteiger partial charge in [0.15, 0.2) is 0 Å². The standard InChI is InChI=1S/C23H29N3O4S/c1-18-4-7-20(16-22(18)26-10-2-3-15-31(26,28)29)23(27)24-17-19-5-8-21(9-6-19)25-11-13-30-14-12-25/h4-9,16H,2-3,10-15,17H2,1H3,(H,24,27). The number of aryl methyl sites for hydroxylation is 1. The number of carbonyl (C=O) groups is 1. The Labute approximate surface area is 184 Å². The molecule has 0 bridgehead atoms. The second-order valence-corrected chi connectivity index (χ2v) is 10.1. The zero-order valence-corrected chi connectivity index (χ0v) is 18.7. The first-order valence-electron chi connectivity index (χ1n) is 10.7. The number of carbonyl (C=O) groups excluding carboxylic acids is 1. The van der Waals surface area contributed by atoms with E-state index in [4.69, 9.17) is 4.74 Å². The maximum absolute atomic E-state index is 12.7. The number of benzene rings is 2. The summed E-state index contributed by atoms with van der Waals surface area (Å²) in [5.41, 5.74) is 4.08. The molecule has 1 amide bonds. The van der Waals surface area contributed by atoms with E-state index in [1.54, 1.807) is 12.1 Å². The number of hydrogen-bond donors (Lipinski definition) is 1. The van der Waals surface area contributed by atoms with Crippen LogP contribution < -0.4 is 14.5 Å². The summed E-state index contributed by atoms with van der Waals surface area (Å²) in [5.74, 6) is -0.0588. The SMILES string of the molecule is Cc1ccc(C(=O)NCc2ccc(N3CCOCC3)cc2)cc1N1CCCCS1(=O)=O. The molecule has 0 spiro atoms. The summed E-state index contributed by atoms with van der Waals surface area (Å²) < 4.78 is 31.8. The predicted molar refractivity (Wildman–Crippen MR) is 122 cm³/mol. The van der Waals surface area contributed by atoms with Crippen molar-refractivity contribution in [3.05, 3.63) is 59.2 Å². The van der Waals surface area contributed by atoms with Gasteiger partial charge >= 0.3 is 0 Å². The third-order valence-electron chi connectivity index (χ3n) is 5.85. The van der Waals surface area contributed by atoms with Gasteiger partial charge < -0.3 is 15.0 Å². The zero-order chi connectivity index (χ0) is 21.8. The summed E-state index contributed by atoms with van der Waals surface area (Å²) in [5, 5.41) is 2.94. The Hall–Kier alpha value is -2.58. The molecular weight excluding hydrogens is 414 g/mol. The van der Waals surface area contributed by atoms with E-state index in [2.05, 4.69) is 22.3 Å². The van der Waals surface area contributed by atoms with Crippen LogP contribution in [0.15, 0.2) is 42.5 Å². The van der Waals surface area contributed by atoms with Gasteiger partial charge in [0.2, 0.25) is 10.0 Å². The number of nitrogens with one attached hydrogen (secondary N) is 1. The number of nitrogens with zero attached hydrogens (tertiary/aromatic N) is 2. The average molecular weight is 444 g/mol. The predicted octanol–water partition coefficient (Wildman–Crippen LogP) is 2.69. The molecule has 1 N–H and O–H groups in total. The normalized spacial score (nSPS) is 18.6. The quantitative estimate of drug-likeness (QED) is 0.769. The molecule has 4 rings (SSSR count). The molecule has 2 fully saturated rings. The minimum atomic E-state index is -3.32. The highest BCUT2D eigenvalue weighted by Crippen LogP contribution is 2.28. The van der Waals surface area contributed by atoms with Gasteiger partial charge in [0.25, 0.3) is 5.91 Å². The van der Waals surface area contributed by atoms with E-state index in [-0.39, 0.29) is 11.7 Å². The number of rotatable bonds is 5. The van der Waals surface area contributed by atoms with Crippen molar-refractivity contribution in [2.45, 2.75) is 26.3 Å². The van der Waals surface area contributed by atoms with Gasteiger partial charge in [-0.3, -0.25) is 9.10 Å². The van der Waals surface area contributed by atoms with E-state index in [1.165, 1.54) is 4.31 Å². The summed E-state index contributed by atoms with van der Waals surface area (Å²) in [4.78, 5) is 15.0. The number of ether oxygens (including phenoxy) is 1. The third-order valence-corrected chi connectivity index (χ3v) is 7.71. The number of hydrogen-bond acceptors (Lipinski definition) is 5. The fraction of sp³-hybridized carbons (Fsp3) is 0.435. The molecule has 0 radical (unpaired) electrons. The molecule has 0 aromatic heterocycles. The minimum absolute atomic E-state index is 0.156. The van der Waals surface area contributed by atoms with Gasteiger partial charge in [0, 0.05) is 37.4 Å². The summed E-state index contributed by atoms with van der Waals surface area (Å²) in [6, 6.07) is 13.4. The molecule has 2 aromatic carbocycles. The molecule has 166 valence electrons. The zero-order valence-electron chi connectivity index (χ0n) is 17.8. The molecular formula is C23H29N3O4S. The number of anilines is 2. The first-order valence-corrected chi connectivity index (χ1v) is 12.4. The molecule has 31 heavy (non-hydrogen) atoms. The highest BCUT2D eigenvalue weighted by atomic mass is 32.2. The topological polar surface area (TPSA) is 79.0 Å². The molecule has 2 aliphatic heterocycles. The molecule has 2 aliphatic rings. The monoisotopic (exact) mass is 443 g/mol. The molecule has 0 saturated carbocycles. The Morgan fingerprint density at radius 2 is 1.77 bits per heavy atom. The van der Waals surface area contributed by atoms with Gasteiger partial charge in [0.1, 0.15) is 0 Å². The van der Waals surface area contributed by atoms with E-state index in [0.29, 0.717) is 30.8 Å². The van der Waals surface area contributed by atoms with Crippen molar-refractivity contribution in [1.29, 1.82) is 0 Å². The summed E-state index contributed by atoms with van der Waals surface area (Å²) in [6.45, 7) is 6.01. The fourth-order valence-electron chi connectivity index (χ4n) is 4.01. The maximum atomic E-state index is 12.7. The highest BCUT2D eigenvalue weighted by Gasteiger charge is 2.27. The summed E-state index contributed by atoms with van der Waals surface area (Å²) >= 11 is 0. The second-order valence-electron chi connectivity index (χ2n) is 8.05. The van der Waals surface area contributed by atoms with Crippen molar-refractivity contribution in [2.75, 3.05) is 47.8 Å². The van der Waals surface area contributed by atoms with Crippen molar-refractivity contribution in [1.82, 2.24) is 5.32 Å². The van der Waals surface area contributed by atoms with Crippen molar-refractivity contribution >= 4 is 27.3 Å². The van der Waals surface area contributed by atoms with E-state index in [1.807, 2.05) is 25.1 Å². The van der Waals surface area contributed by atoms with Crippen LogP contribution in [0.2, 0.25) is 0 Å². The van der Waals surface area contributed by atoms with E-state index in [9.17, 15) is 13.2 Å². The minimum Gasteiger partial charge on any atom is -0.378 e. The van der Waals surface area contributed by atoms with Gasteiger partial charge in [-0.15, -0.1) is 0 Å². The van der Waals surface area contributed by atoms with Crippen LogP contribution in [0.3, 0.4) is 0 Å². The van der Waals surface area contributed by atoms with Crippen LogP contribution in [-0.2, 0) is 21.3 Å². The maximum Gasteiger partial charge on any atom is 0.251 e. The van der Waals surface area contributed by atoms with Gasteiger partial charge in [-0.25, -0.2) is 8.42 Å². The van der Waals surface area contributed by atoms with Crippen molar-refractivity contribution in [3.63, 3.8) is 0 Å². The smallest absolute Gasteiger partial charge is 0.251 e. The van der Waals surface area contributed by atoms with E-state index >= 15 is 0 Å². The van der Waals surface area contributed by atoms with E-state index in [0.717, 1.165) is 49.5 Å². The summed E-state index contributed by atoms with van der Waals surface area (Å²) in [7, 11) is -3.32. The first kappa shape index (κ1) is 21.6.